The number of pyridine rings is 2. The Balaban J connectivity index is 1.53. The smallest absolute Gasteiger partial charge is 0.323 e. The number of benzene rings is 2. The number of aryl methyl sites for hydroxylation is 1. The van der Waals surface area contributed by atoms with Crippen molar-refractivity contribution in [1.29, 1.82) is 0 Å². The van der Waals surface area contributed by atoms with Crippen molar-refractivity contribution >= 4 is 28.3 Å². The Morgan fingerprint density at radius 1 is 0.973 bits per heavy atom. The summed E-state index contributed by atoms with van der Waals surface area (Å²) in [7, 11) is 0. The van der Waals surface area contributed by atoms with Gasteiger partial charge < -0.3 is 20.7 Å². The number of nitrogens with one attached hydrogen (secondary N) is 1. The van der Waals surface area contributed by atoms with Gasteiger partial charge in [-0.3, -0.25) is 19.4 Å². The van der Waals surface area contributed by atoms with Crippen LogP contribution in [0.3, 0.4) is 0 Å². The summed E-state index contributed by atoms with van der Waals surface area (Å²) in [4.78, 5) is 40.2. The molecule has 2 aromatic carbocycles. The first kappa shape index (κ1) is 25.8. The predicted molar refractivity (Wildman–Crippen MR) is 145 cm³/mol. The standard InChI is InChI=1S/C29H30N4O4/c30-13-4-2-1-3-6-20-9-11-25-23(14-20)16-31-17-26(25)21-7-5-8-22(15-21)29(37)32-24-10-12-27(34)33(18-24)19-28(35)36/h5,7-12,14-18H,1-4,6,13,19,30H2,(H,32,37)(H,35,36). The van der Waals surface area contributed by atoms with Crippen LogP contribution in [0.1, 0.15) is 41.6 Å². The van der Waals surface area contributed by atoms with Crippen LogP contribution in [0.4, 0.5) is 5.69 Å². The minimum absolute atomic E-state index is 0.332. The van der Waals surface area contributed by atoms with Gasteiger partial charge in [-0.1, -0.05) is 37.1 Å². The highest BCUT2D eigenvalue weighted by molar-refractivity contribution is 6.05. The van der Waals surface area contributed by atoms with Crippen LogP contribution in [-0.4, -0.2) is 33.1 Å². The molecule has 1 amide bonds. The van der Waals surface area contributed by atoms with Gasteiger partial charge in [0.1, 0.15) is 6.54 Å². The fourth-order valence-corrected chi connectivity index (χ4v) is 4.34. The Morgan fingerprint density at radius 2 is 1.81 bits per heavy atom. The van der Waals surface area contributed by atoms with E-state index in [1.165, 1.54) is 30.3 Å². The first-order chi connectivity index (χ1) is 17.9. The molecule has 0 fully saturated rings. The average Bonchev–Trinajstić information content (AvgIpc) is 2.90. The van der Waals surface area contributed by atoms with Crippen LogP contribution < -0.4 is 16.6 Å². The van der Waals surface area contributed by atoms with Crippen LogP contribution in [0.5, 0.6) is 0 Å². The Kier molecular flexibility index (Phi) is 8.43. The largest absolute Gasteiger partial charge is 0.480 e. The predicted octanol–water partition coefficient (Wildman–Crippen LogP) is 4.46. The maximum absolute atomic E-state index is 13.0. The van der Waals surface area contributed by atoms with Gasteiger partial charge in [0, 0.05) is 41.2 Å². The molecule has 190 valence electrons. The molecule has 0 saturated heterocycles. The van der Waals surface area contributed by atoms with Gasteiger partial charge in [0.2, 0.25) is 0 Å². The van der Waals surface area contributed by atoms with E-state index in [0.29, 0.717) is 11.3 Å². The number of carbonyl (C=O) groups is 2. The fourth-order valence-electron chi connectivity index (χ4n) is 4.34. The molecule has 4 N–H and O–H groups in total. The van der Waals surface area contributed by atoms with Crippen molar-refractivity contribution < 1.29 is 14.7 Å². The van der Waals surface area contributed by atoms with E-state index in [9.17, 15) is 14.4 Å². The van der Waals surface area contributed by atoms with Crippen molar-refractivity contribution in [2.45, 2.75) is 38.6 Å². The zero-order chi connectivity index (χ0) is 26.2. The lowest BCUT2D eigenvalue weighted by Crippen LogP contribution is -2.24. The van der Waals surface area contributed by atoms with Gasteiger partial charge in [-0.25, -0.2) is 0 Å². The summed E-state index contributed by atoms with van der Waals surface area (Å²) < 4.78 is 1.03. The third kappa shape index (κ3) is 6.68. The molecule has 0 aliphatic heterocycles. The van der Waals surface area contributed by atoms with Gasteiger partial charge in [-0.15, -0.1) is 0 Å². The van der Waals surface area contributed by atoms with Crippen LogP contribution in [0.15, 0.2) is 78.0 Å². The lowest BCUT2D eigenvalue weighted by molar-refractivity contribution is -0.137. The molecule has 4 aromatic rings. The van der Waals surface area contributed by atoms with Crippen molar-refractivity contribution in [3.8, 4) is 11.1 Å². The van der Waals surface area contributed by atoms with E-state index in [4.69, 9.17) is 10.8 Å². The second-order valence-electron chi connectivity index (χ2n) is 9.01. The zero-order valence-corrected chi connectivity index (χ0v) is 20.5. The molecule has 0 spiro atoms. The van der Waals surface area contributed by atoms with E-state index >= 15 is 0 Å². The number of carboxylic acid groups (broad SMARTS) is 1. The summed E-state index contributed by atoms with van der Waals surface area (Å²) >= 11 is 0. The second-order valence-corrected chi connectivity index (χ2v) is 9.01. The summed E-state index contributed by atoms with van der Waals surface area (Å²) in [6, 6.07) is 16.4. The van der Waals surface area contributed by atoms with E-state index < -0.39 is 18.1 Å². The third-order valence-corrected chi connectivity index (χ3v) is 6.23. The number of nitrogens with two attached hydrogens (primary N) is 1. The van der Waals surface area contributed by atoms with E-state index in [0.717, 1.165) is 58.7 Å². The Morgan fingerprint density at radius 3 is 2.62 bits per heavy atom. The van der Waals surface area contributed by atoms with Crippen molar-refractivity contribution in [3.63, 3.8) is 0 Å². The normalized spacial score (nSPS) is 10.9. The SMILES string of the molecule is NCCCCCCc1ccc2c(-c3cccc(C(=O)Nc4ccc(=O)n(CC(=O)O)c4)c3)cncc2c1. The maximum Gasteiger partial charge on any atom is 0.323 e. The lowest BCUT2D eigenvalue weighted by Gasteiger charge is -2.11. The summed E-state index contributed by atoms with van der Waals surface area (Å²) in [5.74, 6) is -1.51. The van der Waals surface area contributed by atoms with Crippen LogP contribution in [0.25, 0.3) is 21.9 Å². The van der Waals surface area contributed by atoms with E-state index in [1.54, 1.807) is 18.3 Å². The summed E-state index contributed by atoms with van der Waals surface area (Å²) in [6.45, 7) is 0.261. The Labute approximate surface area is 214 Å². The highest BCUT2D eigenvalue weighted by Gasteiger charge is 2.12. The summed E-state index contributed by atoms with van der Waals surface area (Å²) in [5, 5.41) is 13.8. The second kappa shape index (κ2) is 12.1. The van der Waals surface area contributed by atoms with Crippen LogP contribution >= 0.6 is 0 Å². The topological polar surface area (TPSA) is 127 Å². The molecule has 0 saturated carbocycles. The molecule has 8 heteroatoms. The number of amides is 1. The van der Waals surface area contributed by atoms with Crippen molar-refractivity contribution in [1.82, 2.24) is 9.55 Å². The number of anilines is 1. The average molecular weight is 499 g/mol. The van der Waals surface area contributed by atoms with E-state index in [-0.39, 0.29) is 5.91 Å². The van der Waals surface area contributed by atoms with Gasteiger partial charge in [0.05, 0.1) is 5.69 Å². The molecule has 0 atom stereocenters. The number of carbonyl (C=O) groups excluding carboxylic acids is 1. The molecule has 0 aliphatic carbocycles. The monoisotopic (exact) mass is 498 g/mol. The molecular formula is C29H30N4O4. The summed E-state index contributed by atoms with van der Waals surface area (Å²) in [5.41, 5.74) is 8.94. The first-order valence-electron chi connectivity index (χ1n) is 12.4. The van der Waals surface area contributed by atoms with Crippen molar-refractivity contribution in [2.75, 3.05) is 11.9 Å². The molecule has 0 unspecified atom stereocenters. The minimum atomic E-state index is -1.14. The van der Waals surface area contributed by atoms with Gasteiger partial charge >= 0.3 is 5.97 Å². The Hall–Kier alpha value is -4.30. The number of carboxylic acids is 1. The highest BCUT2D eigenvalue weighted by Crippen LogP contribution is 2.29. The number of hydrogen-bond donors (Lipinski definition) is 3. The number of nitrogens with zero attached hydrogens (tertiary/aromatic N) is 2. The summed E-state index contributed by atoms with van der Waals surface area (Å²) in [6.07, 6.45) is 10.5. The molecule has 2 heterocycles. The van der Waals surface area contributed by atoms with Crippen molar-refractivity contribution in [2.24, 2.45) is 5.73 Å². The van der Waals surface area contributed by atoms with E-state index in [1.807, 2.05) is 18.3 Å². The van der Waals surface area contributed by atoms with Crippen molar-refractivity contribution in [3.05, 3.63) is 94.7 Å². The third-order valence-electron chi connectivity index (χ3n) is 6.23. The zero-order valence-electron chi connectivity index (χ0n) is 20.5. The minimum Gasteiger partial charge on any atom is -0.480 e. The number of unbranched alkanes of at least 4 members (excludes halogenated alkanes) is 3. The van der Waals surface area contributed by atoms with Crippen LogP contribution in [-0.2, 0) is 17.8 Å². The first-order valence-corrected chi connectivity index (χ1v) is 12.4. The van der Waals surface area contributed by atoms with Crippen LogP contribution in [0, 0.1) is 0 Å². The van der Waals surface area contributed by atoms with E-state index in [2.05, 4.69) is 28.5 Å². The van der Waals surface area contributed by atoms with Gasteiger partial charge in [0.25, 0.3) is 11.5 Å². The molecule has 8 nitrogen and oxygen atoms in total. The fraction of sp³-hybridized carbons (Fsp3) is 0.241. The molecule has 0 aliphatic rings. The van der Waals surface area contributed by atoms with Crippen LogP contribution in [0.2, 0.25) is 0 Å². The molecule has 4 rings (SSSR count). The maximum atomic E-state index is 13.0. The lowest BCUT2D eigenvalue weighted by atomic mass is 9.97. The highest BCUT2D eigenvalue weighted by atomic mass is 16.4. The van der Waals surface area contributed by atoms with Gasteiger partial charge in [-0.05, 0) is 66.6 Å². The number of fused-ring (bicyclic) bond motifs is 1. The molecular weight excluding hydrogens is 468 g/mol. The molecule has 37 heavy (non-hydrogen) atoms. The number of hydrogen-bond acceptors (Lipinski definition) is 5. The van der Waals surface area contributed by atoms with Gasteiger partial charge in [0.15, 0.2) is 0 Å². The number of aromatic nitrogens is 2. The molecule has 2 aromatic heterocycles. The number of aliphatic carboxylic acids is 1. The van der Waals surface area contributed by atoms with Gasteiger partial charge in [-0.2, -0.15) is 0 Å². The quantitative estimate of drug-likeness (QED) is 0.262. The molecule has 0 bridgehead atoms. The number of rotatable bonds is 11. The Bertz CT molecular complexity index is 1480. The molecule has 0 radical (unpaired) electrons.